The van der Waals surface area contributed by atoms with Crippen molar-refractivity contribution in [3.63, 3.8) is 0 Å². The van der Waals surface area contributed by atoms with Crippen LogP contribution < -0.4 is 4.74 Å². The number of amides is 1. The van der Waals surface area contributed by atoms with Crippen molar-refractivity contribution in [1.29, 1.82) is 0 Å². The van der Waals surface area contributed by atoms with Crippen molar-refractivity contribution in [2.45, 2.75) is 24.7 Å². The van der Waals surface area contributed by atoms with Crippen LogP contribution in [0.5, 0.6) is 5.75 Å². The van der Waals surface area contributed by atoms with Gasteiger partial charge >= 0.3 is 0 Å². The van der Waals surface area contributed by atoms with Crippen LogP contribution in [-0.4, -0.2) is 36.0 Å². The number of H-pyrrole nitrogens is 1. The van der Waals surface area contributed by atoms with E-state index >= 15 is 0 Å². The first-order chi connectivity index (χ1) is 14.6. The molecule has 1 aromatic heterocycles. The largest absolute Gasteiger partial charge is 0.497 e. The molecule has 0 bridgehead atoms. The molecule has 1 saturated heterocycles. The van der Waals surface area contributed by atoms with E-state index in [0.717, 1.165) is 36.1 Å². The fraction of sp³-hybridized carbons (Fsp3) is 0.320. The van der Waals surface area contributed by atoms with Gasteiger partial charge in [0.05, 0.1) is 12.6 Å². The van der Waals surface area contributed by atoms with Crippen LogP contribution in [0, 0.1) is 11.7 Å². The van der Waals surface area contributed by atoms with E-state index in [1.807, 2.05) is 23.1 Å². The molecule has 0 radical (unpaired) electrons. The lowest BCUT2D eigenvalue weighted by Crippen LogP contribution is -2.54. The van der Waals surface area contributed by atoms with Crippen LogP contribution in [0.15, 0.2) is 55.1 Å². The van der Waals surface area contributed by atoms with E-state index in [-0.39, 0.29) is 23.1 Å². The molecule has 3 aromatic rings. The second-order valence-corrected chi connectivity index (χ2v) is 8.45. The average molecular weight is 404 g/mol. The number of halogens is 1. The number of fused-ring (bicyclic) bond motifs is 4. The van der Waals surface area contributed by atoms with Crippen molar-refractivity contribution in [3.8, 4) is 5.75 Å². The molecular weight excluding hydrogens is 379 g/mol. The molecule has 2 atom stereocenters. The van der Waals surface area contributed by atoms with Crippen molar-refractivity contribution in [3.05, 3.63) is 77.8 Å². The Morgan fingerprint density at radius 2 is 2.17 bits per heavy atom. The highest BCUT2D eigenvalue weighted by atomic mass is 19.1. The maximum Gasteiger partial charge on any atom is 0.245 e. The third-order valence-electron chi connectivity index (χ3n) is 7.10. The summed E-state index contributed by atoms with van der Waals surface area (Å²) in [7, 11) is 1.68. The van der Waals surface area contributed by atoms with E-state index in [9.17, 15) is 9.18 Å². The van der Waals surface area contributed by atoms with Crippen LogP contribution in [-0.2, 0) is 23.1 Å². The van der Waals surface area contributed by atoms with Crippen molar-refractivity contribution < 1.29 is 13.9 Å². The quantitative estimate of drug-likeness (QED) is 0.658. The van der Waals surface area contributed by atoms with Gasteiger partial charge in [-0.2, -0.15) is 0 Å². The molecule has 1 aliphatic carbocycles. The number of benzene rings is 2. The SMILES string of the molecule is C=CC(=O)N1CCC2(c3cccc(OC)c3)Cc3[nH]c4c(F)cccc4c3CC2C1. The molecule has 0 spiro atoms. The van der Waals surface area contributed by atoms with Crippen LogP contribution in [0.3, 0.4) is 0 Å². The molecule has 154 valence electrons. The fourth-order valence-corrected chi connectivity index (χ4v) is 5.54. The molecule has 0 saturated carbocycles. The summed E-state index contributed by atoms with van der Waals surface area (Å²) in [6, 6.07) is 13.5. The summed E-state index contributed by atoms with van der Waals surface area (Å²) in [5, 5.41) is 0.955. The fourth-order valence-electron chi connectivity index (χ4n) is 5.54. The van der Waals surface area contributed by atoms with Gasteiger partial charge in [0.15, 0.2) is 0 Å². The minimum Gasteiger partial charge on any atom is -0.497 e. The normalized spacial score (nSPS) is 23.0. The van der Waals surface area contributed by atoms with Gasteiger partial charge in [-0.05, 0) is 60.6 Å². The second-order valence-electron chi connectivity index (χ2n) is 8.45. The van der Waals surface area contributed by atoms with Crippen LogP contribution in [0.4, 0.5) is 4.39 Å². The Bertz CT molecular complexity index is 1150. The number of hydrogen-bond acceptors (Lipinski definition) is 2. The predicted molar refractivity (Wildman–Crippen MR) is 115 cm³/mol. The summed E-state index contributed by atoms with van der Waals surface area (Å²) >= 11 is 0. The number of para-hydroxylation sites is 1. The monoisotopic (exact) mass is 404 g/mol. The molecule has 2 unspecified atom stereocenters. The molecule has 4 nitrogen and oxygen atoms in total. The number of aromatic amines is 1. The first-order valence-corrected chi connectivity index (χ1v) is 10.4. The van der Waals surface area contributed by atoms with Crippen molar-refractivity contribution >= 4 is 16.8 Å². The summed E-state index contributed by atoms with van der Waals surface area (Å²) in [6.45, 7) is 5.02. The first-order valence-electron chi connectivity index (χ1n) is 10.4. The molecule has 1 aliphatic heterocycles. The number of hydrogen-bond donors (Lipinski definition) is 1. The third-order valence-corrected chi connectivity index (χ3v) is 7.10. The number of aromatic nitrogens is 1. The number of rotatable bonds is 3. The van der Waals surface area contributed by atoms with E-state index in [0.29, 0.717) is 18.6 Å². The zero-order valence-electron chi connectivity index (χ0n) is 17.1. The molecule has 5 heteroatoms. The van der Waals surface area contributed by atoms with E-state index in [4.69, 9.17) is 4.74 Å². The lowest BCUT2D eigenvalue weighted by molar-refractivity contribution is -0.129. The second kappa shape index (κ2) is 7.01. The number of nitrogens with zero attached hydrogens (tertiary/aromatic N) is 1. The van der Waals surface area contributed by atoms with Gasteiger partial charge in [0.25, 0.3) is 0 Å². The summed E-state index contributed by atoms with van der Waals surface area (Å²) in [6.07, 6.45) is 3.84. The highest BCUT2D eigenvalue weighted by Gasteiger charge is 2.48. The standard InChI is InChI=1S/C25H25FN2O2/c1-3-23(29)28-11-10-25(16-6-4-7-18(12-16)30-2)14-22-20(13-17(25)15-28)19-8-5-9-21(26)24(19)27-22/h3-9,12,17,27H,1,10-11,13-15H2,2H3. The van der Waals surface area contributed by atoms with Crippen LogP contribution in [0.1, 0.15) is 23.2 Å². The molecule has 1 N–H and O–H groups in total. The summed E-state index contributed by atoms with van der Waals surface area (Å²) in [4.78, 5) is 17.6. The maximum absolute atomic E-state index is 14.5. The van der Waals surface area contributed by atoms with E-state index in [1.54, 1.807) is 13.2 Å². The molecule has 2 heterocycles. The van der Waals surface area contributed by atoms with Gasteiger partial charge in [0.2, 0.25) is 5.91 Å². The molecule has 2 aliphatic rings. The number of nitrogens with one attached hydrogen (secondary N) is 1. The molecule has 2 aromatic carbocycles. The minimum atomic E-state index is -0.219. The summed E-state index contributed by atoms with van der Waals surface area (Å²) in [5.41, 5.74) is 3.97. The number of carbonyl (C=O) groups excluding carboxylic acids is 1. The van der Waals surface area contributed by atoms with Crippen LogP contribution in [0.25, 0.3) is 10.9 Å². The summed E-state index contributed by atoms with van der Waals surface area (Å²) in [5.74, 6) is 0.824. The van der Waals surface area contributed by atoms with Gasteiger partial charge in [-0.1, -0.05) is 30.8 Å². The predicted octanol–water partition coefficient (Wildman–Crippen LogP) is 4.39. The Labute approximate surface area is 175 Å². The summed E-state index contributed by atoms with van der Waals surface area (Å²) < 4.78 is 20.0. The molecule has 30 heavy (non-hydrogen) atoms. The third kappa shape index (κ3) is 2.76. The Hall–Kier alpha value is -3.08. The number of piperidine rings is 1. The highest BCUT2D eigenvalue weighted by Crippen LogP contribution is 2.49. The zero-order chi connectivity index (χ0) is 20.9. The van der Waals surface area contributed by atoms with Gasteiger partial charge in [-0.25, -0.2) is 4.39 Å². The van der Waals surface area contributed by atoms with Crippen LogP contribution >= 0.6 is 0 Å². The molecular formula is C25H25FN2O2. The number of ether oxygens (including phenoxy) is 1. The molecule has 5 rings (SSSR count). The lowest BCUT2D eigenvalue weighted by atomic mass is 9.58. The van der Waals surface area contributed by atoms with Crippen LogP contribution in [0.2, 0.25) is 0 Å². The van der Waals surface area contributed by atoms with E-state index in [2.05, 4.69) is 23.7 Å². The molecule has 1 amide bonds. The maximum atomic E-state index is 14.5. The number of likely N-dealkylation sites (tertiary alicyclic amines) is 1. The zero-order valence-corrected chi connectivity index (χ0v) is 17.1. The van der Waals surface area contributed by atoms with Crippen molar-refractivity contribution in [2.75, 3.05) is 20.2 Å². The Morgan fingerprint density at radius 3 is 2.97 bits per heavy atom. The number of methoxy groups -OCH3 is 1. The van der Waals surface area contributed by atoms with Crippen molar-refractivity contribution in [2.24, 2.45) is 5.92 Å². The highest BCUT2D eigenvalue weighted by molar-refractivity contribution is 5.87. The minimum absolute atomic E-state index is 0.0231. The molecule has 1 fully saturated rings. The smallest absolute Gasteiger partial charge is 0.245 e. The van der Waals surface area contributed by atoms with Gasteiger partial charge in [0, 0.05) is 29.6 Å². The van der Waals surface area contributed by atoms with Crippen molar-refractivity contribution in [1.82, 2.24) is 9.88 Å². The Kier molecular flexibility index (Phi) is 4.42. The first kappa shape index (κ1) is 18.9. The van der Waals surface area contributed by atoms with E-state index < -0.39 is 0 Å². The lowest BCUT2D eigenvalue weighted by Gasteiger charge is -2.51. The topological polar surface area (TPSA) is 45.3 Å². The Morgan fingerprint density at radius 1 is 1.33 bits per heavy atom. The van der Waals surface area contributed by atoms with Gasteiger partial charge < -0.3 is 14.6 Å². The average Bonchev–Trinajstić information content (AvgIpc) is 3.15. The van der Waals surface area contributed by atoms with Gasteiger partial charge in [-0.3, -0.25) is 4.79 Å². The Balaban J connectivity index is 1.65. The van der Waals surface area contributed by atoms with Gasteiger partial charge in [0.1, 0.15) is 11.6 Å². The van der Waals surface area contributed by atoms with E-state index in [1.165, 1.54) is 23.3 Å². The van der Waals surface area contributed by atoms with Gasteiger partial charge in [-0.15, -0.1) is 0 Å². The number of carbonyl (C=O) groups is 1.